The number of nitriles is 1. The molecule has 0 aliphatic rings. The summed E-state index contributed by atoms with van der Waals surface area (Å²) in [6.07, 6.45) is 0. The van der Waals surface area contributed by atoms with Crippen LogP contribution in [-0.4, -0.2) is 18.6 Å². The summed E-state index contributed by atoms with van der Waals surface area (Å²) in [6.45, 7) is 2.59. The molecule has 0 saturated carbocycles. The van der Waals surface area contributed by atoms with E-state index in [1.54, 1.807) is 7.11 Å². The highest BCUT2D eigenvalue weighted by Gasteiger charge is 2.16. The molecule has 0 saturated heterocycles. The molecule has 0 unspecified atom stereocenters. The van der Waals surface area contributed by atoms with E-state index in [0.717, 1.165) is 5.56 Å². The van der Waals surface area contributed by atoms with Gasteiger partial charge >= 0.3 is 0 Å². The van der Waals surface area contributed by atoms with Crippen LogP contribution in [0.25, 0.3) is 11.5 Å². The lowest BCUT2D eigenvalue weighted by Crippen LogP contribution is -1.96. The van der Waals surface area contributed by atoms with Gasteiger partial charge in [-0.05, 0) is 19.1 Å². The van der Waals surface area contributed by atoms with Crippen LogP contribution in [0.1, 0.15) is 12.6 Å². The lowest BCUT2D eigenvalue weighted by Gasteiger charge is -2.03. The zero-order valence-corrected chi connectivity index (χ0v) is 10.2. The Balaban J connectivity index is 2.48. The fourth-order valence-corrected chi connectivity index (χ4v) is 1.61. The third-order valence-corrected chi connectivity index (χ3v) is 2.41. The topological polar surface area (TPSA) is 71.1 Å². The standard InChI is InChI=1S/C13H13N3O2/c1-3-15-13-10(8-14)16-12(18-13)9-6-4-5-7-11(9)17-2/h4-7,15H,3H2,1-2H3. The SMILES string of the molecule is CCNc1oc(-c2ccccc2OC)nc1C#N. The summed E-state index contributed by atoms with van der Waals surface area (Å²) in [5, 5.41) is 12.0. The van der Waals surface area contributed by atoms with Crippen LogP contribution in [0, 0.1) is 11.3 Å². The van der Waals surface area contributed by atoms with Crippen molar-refractivity contribution < 1.29 is 9.15 Å². The quantitative estimate of drug-likeness (QED) is 0.893. The number of anilines is 1. The maximum absolute atomic E-state index is 8.99. The average Bonchev–Trinajstić information content (AvgIpc) is 2.82. The highest BCUT2D eigenvalue weighted by molar-refractivity contribution is 5.65. The number of methoxy groups -OCH3 is 1. The number of para-hydroxylation sites is 1. The number of ether oxygens (including phenoxy) is 1. The van der Waals surface area contributed by atoms with Crippen LogP contribution < -0.4 is 10.1 Å². The largest absolute Gasteiger partial charge is 0.496 e. The van der Waals surface area contributed by atoms with Crippen molar-refractivity contribution in [1.82, 2.24) is 4.98 Å². The molecule has 92 valence electrons. The third-order valence-electron chi connectivity index (χ3n) is 2.41. The number of benzene rings is 1. The Bertz CT molecular complexity index is 584. The Morgan fingerprint density at radius 3 is 2.89 bits per heavy atom. The van der Waals surface area contributed by atoms with Crippen molar-refractivity contribution >= 4 is 5.88 Å². The van der Waals surface area contributed by atoms with Crippen molar-refractivity contribution in [1.29, 1.82) is 5.26 Å². The summed E-state index contributed by atoms with van der Waals surface area (Å²) in [7, 11) is 1.58. The molecule has 2 aromatic rings. The molecule has 1 aromatic heterocycles. The molecular weight excluding hydrogens is 230 g/mol. The van der Waals surface area contributed by atoms with Gasteiger partial charge in [-0.3, -0.25) is 0 Å². The smallest absolute Gasteiger partial charge is 0.233 e. The fraction of sp³-hybridized carbons (Fsp3) is 0.231. The Hall–Kier alpha value is -2.48. The highest BCUT2D eigenvalue weighted by atomic mass is 16.5. The number of aromatic nitrogens is 1. The minimum absolute atomic E-state index is 0.248. The third kappa shape index (κ3) is 2.13. The summed E-state index contributed by atoms with van der Waals surface area (Å²) in [4.78, 5) is 4.16. The van der Waals surface area contributed by atoms with Gasteiger partial charge in [0.25, 0.3) is 0 Å². The highest BCUT2D eigenvalue weighted by Crippen LogP contribution is 2.31. The van der Waals surface area contributed by atoms with Gasteiger partial charge in [-0.15, -0.1) is 0 Å². The Labute approximate surface area is 105 Å². The monoisotopic (exact) mass is 243 g/mol. The molecule has 18 heavy (non-hydrogen) atoms. The van der Waals surface area contributed by atoms with Gasteiger partial charge in [-0.25, -0.2) is 0 Å². The molecule has 0 spiro atoms. The van der Waals surface area contributed by atoms with E-state index < -0.39 is 0 Å². The molecule has 1 aromatic carbocycles. The van der Waals surface area contributed by atoms with Gasteiger partial charge in [0.15, 0.2) is 0 Å². The van der Waals surface area contributed by atoms with Gasteiger partial charge in [0.05, 0.1) is 12.7 Å². The molecule has 0 aliphatic heterocycles. The predicted molar refractivity (Wildman–Crippen MR) is 67.4 cm³/mol. The van der Waals surface area contributed by atoms with Crippen LogP contribution >= 0.6 is 0 Å². The van der Waals surface area contributed by atoms with Gasteiger partial charge in [0.2, 0.25) is 17.5 Å². The Morgan fingerprint density at radius 2 is 2.22 bits per heavy atom. The van der Waals surface area contributed by atoms with Crippen LogP contribution in [0.4, 0.5) is 5.88 Å². The van der Waals surface area contributed by atoms with E-state index >= 15 is 0 Å². The molecule has 0 amide bonds. The van der Waals surface area contributed by atoms with Gasteiger partial charge in [0.1, 0.15) is 11.8 Å². The second-order valence-corrected chi connectivity index (χ2v) is 3.54. The first kappa shape index (κ1) is 12.0. The van der Waals surface area contributed by atoms with E-state index in [0.29, 0.717) is 24.1 Å². The van der Waals surface area contributed by atoms with Crippen LogP contribution in [0.3, 0.4) is 0 Å². The van der Waals surface area contributed by atoms with Crippen molar-refractivity contribution in [2.24, 2.45) is 0 Å². The lowest BCUT2D eigenvalue weighted by molar-refractivity contribution is 0.414. The number of rotatable bonds is 4. The molecule has 5 nitrogen and oxygen atoms in total. The molecule has 0 atom stereocenters. The summed E-state index contributed by atoms with van der Waals surface area (Å²) in [6, 6.07) is 9.38. The fourth-order valence-electron chi connectivity index (χ4n) is 1.61. The maximum Gasteiger partial charge on any atom is 0.233 e. The van der Waals surface area contributed by atoms with Crippen molar-refractivity contribution in [3.8, 4) is 23.3 Å². The van der Waals surface area contributed by atoms with E-state index in [4.69, 9.17) is 14.4 Å². The van der Waals surface area contributed by atoms with Gasteiger partial charge in [0, 0.05) is 6.54 Å². The number of nitrogens with one attached hydrogen (secondary N) is 1. The first-order valence-electron chi connectivity index (χ1n) is 5.58. The summed E-state index contributed by atoms with van der Waals surface area (Å²) in [5.41, 5.74) is 0.971. The Morgan fingerprint density at radius 1 is 1.44 bits per heavy atom. The zero-order chi connectivity index (χ0) is 13.0. The molecule has 1 heterocycles. The molecule has 1 N–H and O–H groups in total. The van der Waals surface area contributed by atoms with Crippen LogP contribution in [0.2, 0.25) is 0 Å². The van der Waals surface area contributed by atoms with Crippen LogP contribution in [0.5, 0.6) is 5.75 Å². The lowest BCUT2D eigenvalue weighted by atomic mass is 10.2. The normalized spacial score (nSPS) is 9.83. The zero-order valence-electron chi connectivity index (χ0n) is 10.2. The maximum atomic E-state index is 8.99. The first-order valence-corrected chi connectivity index (χ1v) is 5.58. The number of nitrogens with zero attached hydrogens (tertiary/aromatic N) is 2. The van der Waals surface area contributed by atoms with Crippen molar-refractivity contribution in [2.75, 3.05) is 19.0 Å². The van der Waals surface area contributed by atoms with Crippen LogP contribution in [0.15, 0.2) is 28.7 Å². The second kappa shape index (κ2) is 5.23. The molecule has 0 fully saturated rings. The number of hydrogen-bond donors (Lipinski definition) is 1. The molecular formula is C13H13N3O2. The minimum Gasteiger partial charge on any atom is -0.496 e. The van der Waals surface area contributed by atoms with Gasteiger partial charge < -0.3 is 14.5 Å². The number of oxazole rings is 1. The van der Waals surface area contributed by atoms with E-state index in [9.17, 15) is 0 Å². The summed E-state index contributed by atoms with van der Waals surface area (Å²) < 4.78 is 10.8. The van der Waals surface area contributed by atoms with Crippen molar-refractivity contribution in [3.63, 3.8) is 0 Å². The van der Waals surface area contributed by atoms with Crippen molar-refractivity contribution in [2.45, 2.75) is 6.92 Å². The van der Waals surface area contributed by atoms with E-state index in [-0.39, 0.29) is 5.69 Å². The molecule has 2 rings (SSSR count). The summed E-state index contributed by atoms with van der Waals surface area (Å²) in [5.74, 6) is 1.42. The second-order valence-electron chi connectivity index (χ2n) is 3.54. The molecule has 0 radical (unpaired) electrons. The van der Waals surface area contributed by atoms with E-state index in [2.05, 4.69) is 10.3 Å². The average molecular weight is 243 g/mol. The molecule has 0 aliphatic carbocycles. The molecule has 5 heteroatoms. The van der Waals surface area contributed by atoms with Crippen molar-refractivity contribution in [3.05, 3.63) is 30.0 Å². The van der Waals surface area contributed by atoms with E-state index in [1.807, 2.05) is 37.3 Å². The number of hydrogen-bond acceptors (Lipinski definition) is 5. The van der Waals surface area contributed by atoms with Gasteiger partial charge in [-0.2, -0.15) is 10.2 Å². The minimum atomic E-state index is 0.248. The van der Waals surface area contributed by atoms with Gasteiger partial charge in [-0.1, -0.05) is 12.1 Å². The van der Waals surface area contributed by atoms with E-state index in [1.165, 1.54) is 0 Å². The van der Waals surface area contributed by atoms with Crippen LogP contribution in [-0.2, 0) is 0 Å². The first-order chi connectivity index (χ1) is 8.80. The summed E-state index contributed by atoms with van der Waals surface area (Å²) >= 11 is 0. The Kier molecular flexibility index (Phi) is 3.49. The predicted octanol–water partition coefficient (Wildman–Crippen LogP) is 2.65. The molecule has 0 bridgehead atoms.